The summed E-state index contributed by atoms with van der Waals surface area (Å²) in [5, 5.41) is -0.0167. The number of para-hydroxylation sites is 1. The first-order valence-electron chi connectivity index (χ1n) is 7.53. The molecule has 2 aromatic carbocycles. The Morgan fingerprint density at radius 2 is 1.92 bits per heavy atom. The molecule has 0 saturated carbocycles. The van der Waals surface area contributed by atoms with Crippen molar-refractivity contribution in [3.05, 3.63) is 59.2 Å². The summed E-state index contributed by atoms with van der Waals surface area (Å²) in [5.41, 5.74) is 5.92. The topological polar surface area (TPSA) is 64.7 Å². The number of carbonyl (C=O) groups excluding carboxylic acids is 1. The average molecular weight is 382 g/mol. The van der Waals surface area contributed by atoms with Gasteiger partial charge in [0.15, 0.2) is 11.0 Å². The van der Waals surface area contributed by atoms with Crippen LogP contribution in [0.3, 0.4) is 0 Å². The zero-order chi connectivity index (χ0) is 19.3. The number of carbonyl (C=O) groups is 1. The van der Waals surface area contributed by atoms with E-state index >= 15 is 0 Å². The maximum absolute atomic E-state index is 13.0. The molecule has 0 radical (unpaired) electrons. The van der Waals surface area contributed by atoms with Crippen LogP contribution in [-0.2, 0) is 11.9 Å². The van der Waals surface area contributed by atoms with Gasteiger partial charge in [-0.15, -0.1) is 0 Å². The predicted octanol–water partition coefficient (Wildman–Crippen LogP) is 4.80. The van der Waals surface area contributed by atoms with E-state index in [0.29, 0.717) is 22.6 Å². The lowest BCUT2D eigenvalue weighted by molar-refractivity contribution is -0.137. The lowest BCUT2D eigenvalue weighted by Crippen LogP contribution is -2.09. The first-order valence-corrected chi connectivity index (χ1v) is 8.52. The van der Waals surface area contributed by atoms with Gasteiger partial charge in [0.1, 0.15) is 5.75 Å². The Morgan fingerprint density at radius 3 is 2.54 bits per heavy atom. The van der Waals surface area contributed by atoms with E-state index in [1.165, 1.54) is 32.2 Å². The third-order valence-electron chi connectivity index (χ3n) is 3.50. The molecular formula is C18H17F3N2O2S. The molecule has 0 unspecified atom stereocenters. The molecule has 0 aliphatic rings. The molecule has 0 bridgehead atoms. The van der Waals surface area contributed by atoms with Crippen molar-refractivity contribution in [1.82, 2.24) is 0 Å². The van der Waals surface area contributed by atoms with E-state index in [4.69, 9.17) is 10.5 Å². The van der Waals surface area contributed by atoms with Crippen LogP contribution in [0.15, 0.2) is 47.5 Å². The van der Waals surface area contributed by atoms with Crippen LogP contribution < -0.4 is 10.5 Å². The van der Waals surface area contributed by atoms with Crippen LogP contribution in [0.4, 0.5) is 18.9 Å². The molecule has 2 N–H and O–H groups in total. The second kappa shape index (κ2) is 8.27. The van der Waals surface area contributed by atoms with Crippen molar-refractivity contribution in [2.24, 2.45) is 10.7 Å². The fourth-order valence-electron chi connectivity index (χ4n) is 2.22. The highest BCUT2D eigenvalue weighted by Gasteiger charge is 2.33. The Hall–Kier alpha value is -2.48. The van der Waals surface area contributed by atoms with Gasteiger partial charge < -0.3 is 10.5 Å². The van der Waals surface area contributed by atoms with Crippen molar-refractivity contribution < 1.29 is 22.7 Å². The van der Waals surface area contributed by atoms with E-state index in [9.17, 15) is 18.0 Å². The van der Waals surface area contributed by atoms with Gasteiger partial charge in [0.25, 0.3) is 0 Å². The molecule has 0 aliphatic heterocycles. The van der Waals surface area contributed by atoms with Gasteiger partial charge in [-0.2, -0.15) is 13.2 Å². The van der Waals surface area contributed by atoms with Gasteiger partial charge in [0.05, 0.1) is 18.4 Å². The highest BCUT2D eigenvalue weighted by Crippen LogP contribution is 2.36. The molecule has 26 heavy (non-hydrogen) atoms. The van der Waals surface area contributed by atoms with E-state index in [2.05, 4.69) is 4.99 Å². The lowest BCUT2D eigenvalue weighted by Gasteiger charge is -2.11. The first kappa shape index (κ1) is 19.8. The summed E-state index contributed by atoms with van der Waals surface area (Å²) >= 11 is 1.06. The number of nitrogens with two attached hydrogens (primary N) is 1. The number of rotatable bonds is 5. The molecule has 0 saturated heterocycles. The van der Waals surface area contributed by atoms with Gasteiger partial charge in [-0.25, -0.2) is 4.99 Å². The SMILES string of the molecule is COc1ccc(C(C)=O)cc1CSC(N)=Nc1ccccc1C(F)(F)F. The van der Waals surface area contributed by atoms with Gasteiger partial charge in [-0.05, 0) is 37.3 Å². The number of ether oxygens (including phenoxy) is 1. The largest absolute Gasteiger partial charge is 0.496 e. The van der Waals surface area contributed by atoms with E-state index < -0.39 is 11.7 Å². The van der Waals surface area contributed by atoms with E-state index in [1.807, 2.05) is 0 Å². The van der Waals surface area contributed by atoms with Crippen LogP contribution in [0.25, 0.3) is 0 Å². The van der Waals surface area contributed by atoms with Crippen molar-refractivity contribution in [3.8, 4) is 5.75 Å². The predicted molar refractivity (Wildman–Crippen MR) is 97.0 cm³/mol. The minimum atomic E-state index is -4.51. The maximum atomic E-state index is 13.0. The Labute approximate surface area is 153 Å². The highest BCUT2D eigenvalue weighted by atomic mass is 32.2. The third kappa shape index (κ3) is 5.01. The molecule has 2 rings (SSSR count). The summed E-state index contributed by atoms with van der Waals surface area (Å²) < 4.78 is 44.2. The number of nitrogens with zero attached hydrogens (tertiary/aromatic N) is 1. The molecule has 2 aromatic rings. The fraction of sp³-hybridized carbons (Fsp3) is 0.222. The number of alkyl halides is 3. The number of aliphatic imine (C=N–C) groups is 1. The van der Waals surface area contributed by atoms with Crippen LogP contribution in [-0.4, -0.2) is 18.1 Å². The fourth-order valence-corrected chi connectivity index (χ4v) is 2.92. The normalized spacial score (nSPS) is 12.1. The Bertz CT molecular complexity index is 835. The Morgan fingerprint density at radius 1 is 1.23 bits per heavy atom. The second-order valence-electron chi connectivity index (χ2n) is 5.34. The van der Waals surface area contributed by atoms with Crippen LogP contribution >= 0.6 is 11.8 Å². The van der Waals surface area contributed by atoms with Gasteiger partial charge in [-0.3, -0.25) is 4.79 Å². The van der Waals surface area contributed by atoms with Crippen LogP contribution in [0.1, 0.15) is 28.4 Å². The summed E-state index contributed by atoms with van der Waals surface area (Å²) in [7, 11) is 1.49. The van der Waals surface area contributed by atoms with Crippen LogP contribution in [0, 0.1) is 0 Å². The average Bonchev–Trinajstić information content (AvgIpc) is 2.59. The summed E-state index contributed by atoms with van der Waals surface area (Å²) in [6, 6.07) is 9.95. The van der Waals surface area contributed by atoms with Crippen molar-refractivity contribution in [2.75, 3.05) is 7.11 Å². The summed E-state index contributed by atoms with van der Waals surface area (Å²) in [6.07, 6.45) is -4.51. The number of hydrogen-bond acceptors (Lipinski definition) is 4. The number of benzene rings is 2. The second-order valence-corrected chi connectivity index (χ2v) is 6.33. The summed E-state index contributed by atoms with van der Waals surface area (Å²) in [5.74, 6) is 0.763. The van der Waals surface area contributed by atoms with E-state index in [1.54, 1.807) is 18.2 Å². The molecule has 0 aliphatic carbocycles. The van der Waals surface area contributed by atoms with Crippen LogP contribution in [0.5, 0.6) is 5.75 Å². The van der Waals surface area contributed by atoms with E-state index in [-0.39, 0.29) is 16.6 Å². The molecule has 0 heterocycles. The zero-order valence-corrected chi connectivity index (χ0v) is 14.9. The number of ketones is 1. The highest BCUT2D eigenvalue weighted by molar-refractivity contribution is 8.13. The molecular weight excluding hydrogens is 365 g/mol. The molecule has 0 spiro atoms. The Kier molecular flexibility index (Phi) is 6.31. The van der Waals surface area contributed by atoms with Crippen molar-refractivity contribution in [3.63, 3.8) is 0 Å². The molecule has 138 valence electrons. The lowest BCUT2D eigenvalue weighted by atomic mass is 10.1. The third-order valence-corrected chi connectivity index (χ3v) is 4.34. The zero-order valence-electron chi connectivity index (χ0n) is 14.1. The maximum Gasteiger partial charge on any atom is 0.418 e. The number of thioether (sulfide) groups is 1. The minimum Gasteiger partial charge on any atom is -0.496 e. The van der Waals surface area contributed by atoms with Gasteiger partial charge in [-0.1, -0.05) is 23.9 Å². The Balaban J connectivity index is 2.22. The standard InChI is InChI=1S/C18H17F3N2O2S/c1-11(24)12-7-8-16(25-2)13(9-12)10-26-17(22)23-15-6-4-3-5-14(15)18(19,20)21/h3-9H,10H2,1-2H3,(H2,22,23). The van der Waals surface area contributed by atoms with Crippen molar-refractivity contribution in [2.45, 2.75) is 18.9 Å². The number of halogens is 3. The van der Waals surface area contributed by atoms with Crippen LogP contribution in [0.2, 0.25) is 0 Å². The quantitative estimate of drug-likeness (QED) is 0.458. The summed E-state index contributed by atoms with van der Waals surface area (Å²) in [6.45, 7) is 1.45. The minimum absolute atomic E-state index is 0.0167. The number of hydrogen-bond donors (Lipinski definition) is 1. The number of methoxy groups -OCH3 is 1. The number of amidine groups is 1. The molecule has 8 heteroatoms. The molecule has 0 amide bonds. The van der Waals surface area contributed by atoms with Crippen molar-refractivity contribution >= 4 is 28.4 Å². The smallest absolute Gasteiger partial charge is 0.418 e. The first-order chi connectivity index (χ1) is 12.2. The van der Waals surface area contributed by atoms with Crippen molar-refractivity contribution in [1.29, 1.82) is 0 Å². The monoisotopic (exact) mass is 382 g/mol. The van der Waals surface area contributed by atoms with Gasteiger partial charge >= 0.3 is 6.18 Å². The van der Waals surface area contributed by atoms with Gasteiger partial charge in [0.2, 0.25) is 0 Å². The molecule has 4 nitrogen and oxygen atoms in total. The van der Waals surface area contributed by atoms with E-state index in [0.717, 1.165) is 17.8 Å². The molecule has 0 aromatic heterocycles. The number of Topliss-reactive ketones (excluding diaryl/α,β-unsaturated/α-hetero) is 1. The molecule has 0 atom stereocenters. The van der Waals surface area contributed by atoms with Gasteiger partial charge in [0, 0.05) is 16.9 Å². The summed E-state index contributed by atoms with van der Waals surface area (Å²) in [4.78, 5) is 15.4. The molecule has 0 fully saturated rings.